The Morgan fingerprint density at radius 2 is 1.85 bits per heavy atom. The van der Waals surface area contributed by atoms with Gasteiger partial charge in [0.1, 0.15) is 5.60 Å². The minimum absolute atomic E-state index is 0.221. The first-order valence-electron chi connectivity index (χ1n) is 8.83. The lowest BCUT2D eigenvalue weighted by atomic mass is 10.0. The van der Waals surface area contributed by atoms with E-state index in [2.05, 4.69) is 4.98 Å². The molecule has 27 heavy (non-hydrogen) atoms. The number of carbonyl (C=O) groups excluding carboxylic acids is 1. The Balaban J connectivity index is 1.91. The first-order chi connectivity index (χ1) is 12.6. The standard InChI is InChI=1S/C18H23ClN4O4/c1-18(2,3)27-17(26)22-7-5-12(6-8-22)23-14-13(9-11(19)10-20-14)21(4)15(24)16(23)25/h9-10,12H,5-8H2,1-4H3. The normalized spacial score (nSPS) is 16.0. The van der Waals surface area contributed by atoms with Crippen LogP contribution in [0.15, 0.2) is 21.9 Å². The molecule has 2 aromatic heterocycles. The molecule has 1 aliphatic heterocycles. The molecule has 0 spiro atoms. The van der Waals surface area contributed by atoms with Gasteiger partial charge in [0.25, 0.3) is 0 Å². The van der Waals surface area contributed by atoms with Crippen LogP contribution >= 0.6 is 11.6 Å². The number of hydrogen-bond acceptors (Lipinski definition) is 5. The van der Waals surface area contributed by atoms with Crippen LogP contribution in [0, 0.1) is 0 Å². The van der Waals surface area contributed by atoms with Gasteiger partial charge in [-0.25, -0.2) is 9.78 Å². The second-order valence-corrected chi connectivity index (χ2v) is 8.17. The molecule has 9 heteroatoms. The topological polar surface area (TPSA) is 86.4 Å². The summed E-state index contributed by atoms with van der Waals surface area (Å²) < 4.78 is 8.11. The molecule has 8 nitrogen and oxygen atoms in total. The number of ether oxygens (including phenoxy) is 1. The van der Waals surface area contributed by atoms with E-state index in [4.69, 9.17) is 16.3 Å². The van der Waals surface area contributed by atoms with Gasteiger partial charge in [-0.1, -0.05) is 11.6 Å². The van der Waals surface area contributed by atoms with Crippen molar-refractivity contribution < 1.29 is 9.53 Å². The second kappa shape index (κ2) is 6.99. The van der Waals surface area contributed by atoms with Crippen LogP contribution in [0.5, 0.6) is 0 Å². The van der Waals surface area contributed by atoms with Crippen molar-refractivity contribution in [3.05, 3.63) is 38.0 Å². The fourth-order valence-electron chi connectivity index (χ4n) is 3.28. The van der Waals surface area contributed by atoms with Gasteiger partial charge in [-0.3, -0.25) is 14.2 Å². The summed E-state index contributed by atoms with van der Waals surface area (Å²) in [6, 6.07) is 1.40. The molecule has 1 fully saturated rings. The van der Waals surface area contributed by atoms with Gasteiger partial charge in [0, 0.05) is 32.4 Å². The fraction of sp³-hybridized carbons (Fsp3) is 0.556. The summed E-state index contributed by atoms with van der Waals surface area (Å²) in [4.78, 5) is 43.1. The van der Waals surface area contributed by atoms with Crippen LogP contribution in [0.1, 0.15) is 39.7 Å². The molecule has 3 rings (SSSR count). The highest BCUT2D eigenvalue weighted by atomic mass is 35.5. The van der Waals surface area contributed by atoms with Crippen molar-refractivity contribution >= 4 is 28.9 Å². The number of halogens is 1. The minimum atomic E-state index is -0.624. The number of hydrogen-bond donors (Lipinski definition) is 0. The van der Waals surface area contributed by atoms with Crippen molar-refractivity contribution in [3.8, 4) is 0 Å². The lowest BCUT2D eigenvalue weighted by molar-refractivity contribution is 0.0188. The third kappa shape index (κ3) is 3.85. The third-order valence-corrected chi connectivity index (χ3v) is 4.80. The molecule has 0 radical (unpaired) electrons. The Kier molecular flexibility index (Phi) is 5.03. The van der Waals surface area contributed by atoms with Crippen LogP contribution in [0.4, 0.5) is 4.79 Å². The maximum absolute atomic E-state index is 12.6. The Morgan fingerprint density at radius 1 is 1.22 bits per heavy atom. The minimum Gasteiger partial charge on any atom is -0.444 e. The maximum Gasteiger partial charge on any atom is 0.410 e. The Morgan fingerprint density at radius 3 is 2.44 bits per heavy atom. The highest BCUT2D eigenvalue weighted by molar-refractivity contribution is 6.31. The monoisotopic (exact) mass is 394 g/mol. The van der Waals surface area contributed by atoms with Crippen molar-refractivity contribution in [2.45, 2.75) is 45.3 Å². The molecule has 146 valence electrons. The number of likely N-dealkylation sites (tertiary alicyclic amines) is 1. The van der Waals surface area contributed by atoms with Crippen LogP contribution in [0.3, 0.4) is 0 Å². The van der Waals surface area contributed by atoms with Gasteiger partial charge >= 0.3 is 17.2 Å². The lowest BCUT2D eigenvalue weighted by Gasteiger charge is -2.34. The molecule has 1 aliphatic rings. The molecule has 1 saturated heterocycles. The van der Waals surface area contributed by atoms with E-state index in [1.165, 1.54) is 22.4 Å². The van der Waals surface area contributed by atoms with Gasteiger partial charge in [0.15, 0.2) is 5.65 Å². The summed E-state index contributed by atoms with van der Waals surface area (Å²) in [7, 11) is 1.53. The van der Waals surface area contributed by atoms with Crippen molar-refractivity contribution in [1.29, 1.82) is 0 Å². The molecule has 3 heterocycles. The van der Waals surface area contributed by atoms with Crippen LogP contribution in [0.2, 0.25) is 5.02 Å². The number of carbonyl (C=O) groups is 1. The predicted octanol–water partition coefficient (Wildman–Crippen LogP) is 2.32. The summed E-state index contributed by atoms with van der Waals surface area (Å²) in [5.41, 5.74) is -0.879. The molecule has 0 bridgehead atoms. The number of pyridine rings is 1. The van der Waals surface area contributed by atoms with E-state index in [9.17, 15) is 14.4 Å². The number of piperidine rings is 1. The Bertz CT molecular complexity index is 997. The van der Waals surface area contributed by atoms with Crippen molar-refractivity contribution in [2.24, 2.45) is 7.05 Å². The van der Waals surface area contributed by atoms with Gasteiger partial charge in [-0.05, 0) is 39.7 Å². The van der Waals surface area contributed by atoms with E-state index >= 15 is 0 Å². The first kappa shape index (κ1) is 19.4. The van der Waals surface area contributed by atoms with Crippen molar-refractivity contribution in [1.82, 2.24) is 19.0 Å². The van der Waals surface area contributed by atoms with Gasteiger partial charge in [0.2, 0.25) is 0 Å². The van der Waals surface area contributed by atoms with Crippen LogP contribution < -0.4 is 11.1 Å². The highest BCUT2D eigenvalue weighted by Gasteiger charge is 2.29. The van der Waals surface area contributed by atoms with Gasteiger partial charge in [0.05, 0.1) is 10.5 Å². The quantitative estimate of drug-likeness (QED) is 0.693. The molecule has 0 unspecified atom stereocenters. The molecular weight excluding hydrogens is 372 g/mol. The molecule has 1 amide bonds. The number of aryl methyl sites for hydroxylation is 1. The highest BCUT2D eigenvalue weighted by Crippen LogP contribution is 2.25. The zero-order chi connectivity index (χ0) is 19.9. The molecular formula is C18H23ClN4O4. The summed E-state index contributed by atoms with van der Waals surface area (Å²) in [5, 5.41) is 0.391. The maximum atomic E-state index is 12.6. The molecule has 0 atom stereocenters. The number of rotatable bonds is 1. The Hall–Kier alpha value is -2.35. The van der Waals surface area contributed by atoms with Crippen molar-refractivity contribution in [3.63, 3.8) is 0 Å². The van der Waals surface area contributed by atoms with Crippen LogP contribution in [-0.4, -0.2) is 43.8 Å². The van der Waals surface area contributed by atoms with E-state index in [0.717, 1.165) is 0 Å². The predicted molar refractivity (Wildman–Crippen MR) is 102 cm³/mol. The number of fused-ring (bicyclic) bond motifs is 1. The third-order valence-electron chi connectivity index (χ3n) is 4.59. The largest absolute Gasteiger partial charge is 0.444 e. The van der Waals surface area contributed by atoms with Crippen LogP contribution in [0.25, 0.3) is 11.2 Å². The summed E-state index contributed by atoms with van der Waals surface area (Å²) in [6.07, 6.45) is 2.16. The summed E-state index contributed by atoms with van der Waals surface area (Å²) in [6.45, 7) is 6.34. The molecule has 0 aromatic carbocycles. The van der Waals surface area contributed by atoms with Gasteiger partial charge < -0.3 is 14.2 Å². The van der Waals surface area contributed by atoms with E-state index in [1.807, 2.05) is 20.8 Å². The Labute approximate surface area is 161 Å². The van der Waals surface area contributed by atoms with E-state index < -0.39 is 16.7 Å². The molecule has 0 N–H and O–H groups in total. The molecule has 0 saturated carbocycles. The summed E-state index contributed by atoms with van der Waals surface area (Å²) in [5.74, 6) is 0. The van der Waals surface area contributed by atoms with Crippen molar-refractivity contribution in [2.75, 3.05) is 13.1 Å². The van der Waals surface area contributed by atoms with Gasteiger partial charge in [-0.2, -0.15) is 0 Å². The second-order valence-electron chi connectivity index (χ2n) is 7.73. The number of aromatic nitrogens is 3. The average molecular weight is 395 g/mol. The van der Waals surface area contributed by atoms with E-state index in [-0.39, 0.29) is 12.1 Å². The first-order valence-corrected chi connectivity index (χ1v) is 9.21. The smallest absolute Gasteiger partial charge is 0.410 e. The lowest BCUT2D eigenvalue weighted by Crippen LogP contribution is -2.46. The fourth-order valence-corrected chi connectivity index (χ4v) is 3.43. The van der Waals surface area contributed by atoms with E-state index in [1.54, 1.807) is 11.0 Å². The van der Waals surface area contributed by atoms with Crippen LogP contribution in [-0.2, 0) is 11.8 Å². The summed E-state index contributed by atoms with van der Waals surface area (Å²) >= 11 is 6.00. The number of nitrogens with zero attached hydrogens (tertiary/aromatic N) is 4. The van der Waals surface area contributed by atoms with Gasteiger partial charge in [-0.15, -0.1) is 0 Å². The van der Waals surface area contributed by atoms with E-state index in [0.29, 0.717) is 42.1 Å². The number of amides is 1. The zero-order valence-electron chi connectivity index (χ0n) is 15.9. The zero-order valence-corrected chi connectivity index (χ0v) is 16.6. The molecule has 0 aliphatic carbocycles. The SMILES string of the molecule is Cn1c(=O)c(=O)n(C2CCN(C(=O)OC(C)(C)C)CC2)c2ncc(Cl)cc21. The average Bonchev–Trinajstić information content (AvgIpc) is 2.59. The molecule has 2 aromatic rings.